The lowest BCUT2D eigenvalue weighted by atomic mass is 10.0. The van der Waals surface area contributed by atoms with Crippen LogP contribution in [0.2, 0.25) is 0 Å². The average molecular weight is 479 g/mol. The summed E-state index contributed by atoms with van der Waals surface area (Å²) in [7, 11) is -3.69. The number of thiazole rings is 2. The van der Waals surface area contributed by atoms with E-state index in [1.54, 1.807) is 28.8 Å². The molecule has 4 aromatic rings. The lowest BCUT2D eigenvalue weighted by Gasteiger charge is -2.32. The number of rotatable bonds is 4. The quantitative estimate of drug-likeness (QED) is 0.468. The van der Waals surface area contributed by atoms with E-state index in [2.05, 4.69) is 15.3 Å². The van der Waals surface area contributed by atoms with E-state index < -0.39 is 16.1 Å². The number of fused-ring (bicyclic) bond motifs is 3. The molecule has 3 aromatic heterocycles. The highest BCUT2D eigenvalue weighted by Crippen LogP contribution is 2.35. The molecule has 0 radical (unpaired) electrons. The number of thiophene rings is 1. The summed E-state index contributed by atoms with van der Waals surface area (Å²) in [6.45, 7) is 2.31. The molecule has 1 atom stereocenters. The van der Waals surface area contributed by atoms with E-state index in [4.69, 9.17) is 0 Å². The van der Waals surface area contributed by atoms with Crippen molar-refractivity contribution in [1.29, 1.82) is 0 Å². The van der Waals surface area contributed by atoms with Crippen LogP contribution in [0.15, 0.2) is 33.9 Å². The first-order valence-electron chi connectivity index (χ1n) is 9.46. The smallest absolute Gasteiger partial charge is 0.253 e. The molecular formula is C19H18N4O3S4. The molecule has 30 heavy (non-hydrogen) atoms. The van der Waals surface area contributed by atoms with Gasteiger partial charge in [0.25, 0.3) is 10.0 Å². The summed E-state index contributed by atoms with van der Waals surface area (Å²) in [6, 6.07) is 6.47. The molecule has 11 heteroatoms. The minimum Gasteiger partial charge on any atom is -0.301 e. The van der Waals surface area contributed by atoms with Gasteiger partial charge < -0.3 is 5.32 Å². The molecule has 1 unspecified atom stereocenters. The van der Waals surface area contributed by atoms with Crippen molar-refractivity contribution in [3.05, 3.63) is 34.7 Å². The predicted octanol–water partition coefficient (Wildman–Crippen LogP) is 4.46. The standard InChI is InChI=1S/C19H18N4O3S4/c1-11-20-16-14(28-11)8-7-12-17(16)29-19(21-12)22-18(24)13-5-2-3-9-23(13)30(25,26)15-6-4-10-27-15/h4,6-8,10,13H,2-3,5,9H2,1H3,(H,21,22,24). The van der Waals surface area contributed by atoms with Crippen LogP contribution in [-0.4, -0.2) is 41.2 Å². The fourth-order valence-electron chi connectivity index (χ4n) is 3.71. The van der Waals surface area contributed by atoms with Crippen LogP contribution in [0.3, 0.4) is 0 Å². The van der Waals surface area contributed by atoms with Gasteiger partial charge in [0.2, 0.25) is 5.91 Å². The first kappa shape index (κ1) is 20.0. The number of hydrogen-bond donors (Lipinski definition) is 1. The van der Waals surface area contributed by atoms with Crippen LogP contribution in [0.5, 0.6) is 0 Å². The molecule has 1 aliphatic rings. The third kappa shape index (κ3) is 3.44. The molecule has 0 bridgehead atoms. The Balaban J connectivity index is 1.44. The molecule has 1 N–H and O–H groups in total. The maximum atomic E-state index is 13.1. The lowest BCUT2D eigenvalue weighted by molar-refractivity contribution is -0.120. The van der Waals surface area contributed by atoms with Gasteiger partial charge in [0.05, 0.1) is 19.9 Å². The Morgan fingerprint density at radius 2 is 2.07 bits per heavy atom. The van der Waals surface area contributed by atoms with Crippen molar-refractivity contribution in [2.75, 3.05) is 11.9 Å². The molecule has 0 spiro atoms. The summed E-state index contributed by atoms with van der Waals surface area (Å²) in [5.74, 6) is -0.334. The fraction of sp³-hybridized carbons (Fsp3) is 0.316. The second-order valence-corrected chi connectivity index (χ2v) is 12.4. The third-order valence-corrected chi connectivity index (χ3v) is 10.3. The van der Waals surface area contributed by atoms with Crippen LogP contribution in [0.25, 0.3) is 20.4 Å². The van der Waals surface area contributed by atoms with Gasteiger partial charge in [-0.1, -0.05) is 23.8 Å². The zero-order valence-corrected chi connectivity index (χ0v) is 19.3. The summed E-state index contributed by atoms with van der Waals surface area (Å²) < 4.78 is 29.7. The van der Waals surface area contributed by atoms with Gasteiger partial charge in [0, 0.05) is 6.54 Å². The maximum Gasteiger partial charge on any atom is 0.253 e. The molecule has 156 valence electrons. The highest BCUT2D eigenvalue weighted by molar-refractivity contribution is 7.91. The second-order valence-electron chi connectivity index (χ2n) is 7.06. The van der Waals surface area contributed by atoms with Gasteiger partial charge >= 0.3 is 0 Å². The number of nitrogens with zero attached hydrogens (tertiary/aromatic N) is 3. The van der Waals surface area contributed by atoms with E-state index in [1.807, 2.05) is 19.1 Å². The van der Waals surface area contributed by atoms with Gasteiger partial charge in [0.1, 0.15) is 15.8 Å². The first-order valence-corrected chi connectivity index (χ1v) is 13.4. The van der Waals surface area contributed by atoms with Gasteiger partial charge in [-0.2, -0.15) is 4.31 Å². The van der Waals surface area contributed by atoms with E-state index in [1.165, 1.54) is 27.0 Å². The molecule has 1 aromatic carbocycles. The molecule has 4 heterocycles. The molecule has 1 amide bonds. The zero-order valence-electron chi connectivity index (χ0n) is 16.0. The zero-order chi connectivity index (χ0) is 20.9. The Hall–Kier alpha value is -1.92. The Kier molecular flexibility index (Phi) is 5.10. The predicted molar refractivity (Wildman–Crippen MR) is 122 cm³/mol. The first-order chi connectivity index (χ1) is 14.4. The summed E-state index contributed by atoms with van der Waals surface area (Å²) in [4.78, 5) is 22.2. The van der Waals surface area contributed by atoms with Gasteiger partial charge in [-0.05, 0) is 43.3 Å². The molecule has 5 rings (SSSR count). The van der Waals surface area contributed by atoms with Crippen molar-refractivity contribution in [1.82, 2.24) is 14.3 Å². The monoisotopic (exact) mass is 478 g/mol. The van der Waals surface area contributed by atoms with Gasteiger partial charge in [0.15, 0.2) is 5.13 Å². The molecule has 0 saturated carbocycles. The number of carbonyl (C=O) groups is 1. The van der Waals surface area contributed by atoms with Crippen molar-refractivity contribution in [2.45, 2.75) is 36.4 Å². The molecule has 1 fully saturated rings. The molecule has 1 aliphatic heterocycles. The van der Waals surface area contributed by atoms with Crippen LogP contribution < -0.4 is 5.32 Å². The van der Waals surface area contributed by atoms with Crippen LogP contribution in [0.4, 0.5) is 5.13 Å². The van der Waals surface area contributed by atoms with Crippen molar-refractivity contribution >= 4 is 75.5 Å². The lowest BCUT2D eigenvalue weighted by Crippen LogP contribution is -2.49. The Bertz CT molecular complexity index is 1340. The molecule has 1 saturated heterocycles. The van der Waals surface area contributed by atoms with Crippen LogP contribution in [-0.2, 0) is 14.8 Å². The number of amides is 1. The topological polar surface area (TPSA) is 92.3 Å². The number of anilines is 1. The van der Waals surface area contributed by atoms with Gasteiger partial charge in [-0.15, -0.1) is 22.7 Å². The van der Waals surface area contributed by atoms with E-state index in [0.717, 1.165) is 38.3 Å². The fourth-order valence-corrected chi connectivity index (χ4v) is 8.35. The molecule has 7 nitrogen and oxygen atoms in total. The summed E-state index contributed by atoms with van der Waals surface area (Å²) in [6.07, 6.45) is 2.06. The van der Waals surface area contributed by atoms with E-state index >= 15 is 0 Å². The van der Waals surface area contributed by atoms with E-state index in [0.29, 0.717) is 18.1 Å². The van der Waals surface area contributed by atoms with Crippen molar-refractivity contribution in [3.8, 4) is 0 Å². The average Bonchev–Trinajstić information content (AvgIpc) is 3.46. The van der Waals surface area contributed by atoms with E-state index in [9.17, 15) is 13.2 Å². The number of aromatic nitrogens is 2. The van der Waals surface area contributed by atoms with Crippen LogP contribution in [0, 0.1) is 6.92 Å². The Morgan fingerprint density at radius 1 is 1.20 bits per heavy atom. The highest BCUT2D eigenvalue weighted by Gasteiger charge is 2.38. The largest absolute Gasteiger partial charge is 0.301 e. The van der Waals surface area contributed by atoms with Crippen LogP contribution >= 0.6 is 34.0 Å². The van der Waals surface area contributed by atoms with Gasteiger partial charge in [-0.3, -0.25) is 4.79 Å². The summed E-state index contributed by atoms with van der Waals surface area (Å²) in [5, 5.41) is 6.04. The Labute approximate surface area is 185 Å². The minimum atomic E-state index is -3.69. The van der Waals surface area contributed by atoms with Crippen LogP contribution in [0.1, 0.15) is 24.3 Å². The van der Waals surface area contributed by atoms with E-state index in [-0.39, 0.29) is 10.1 Å². The minimum absolute atomic E-state index is 0.267. The normalized spacial score (nSPS) is 18.2. The number of hydrogen-bond acceptors (Lipinski definition) is 8. The number of nitrogens with one attached hydrogen (secondary N) is 1. The summed E-state index contributed by atoms with van der Waals surface area (Å²) in [5.41, 5.74) is 1.67. The van der Waals surface area contributed by atoms with Crippen molar-refractivity contribution in [2.24, 2.45) is 0 Å². The van der Waals surface area contributed by atoms with Gasteiger partial charge in [-0.25, -0.2) is 18.4 Å². The highest BCUT2D eigenvalue weighted by atomic mass is 32.2. The number of benzene rings is 1. The second kappa shape index (κ2) is 7.65. The molecule has 0 aliphatic carbocycles. The number of piperidine rings is 1. The SMILES string of the molecule is Cc1nc2c(ccc3nc(NC(=O)C4CCCCN4S(=O)(=O)c4cccs4)sc32)s1. The van der Waals surface area contributed by atoms with Crippen molar-refractivity contribution < 1.29 is 13.2 Å². The number of sulfonamides is 1. The number of carbonyl (C=O) groups excluding carboxylic acids is 1. The number of aryl methyl sites for hydroxylation is 1. The molecular weight excluding hydrogens is 461 g/mol. The Morgan fingerprint density at radius 3 is 2.87 bits per heavy atom. The third-order valence-electron chi connectivity index (χ3n) is 5.07. The summed E-state index contributed by atoms with van der Waals surface area (Å²) >= 11 is 4.17. The maximum absolute atomic E-state index is 13.1. The van der Waals surface area contributed by atoms with Crippen molar-refractivity contribution in [3.63, 3.8) is 0 Å².